The summed E-state index contributed by atoms with van der Waals surface area (Å²) in [6.07, 6.45) is 3.16. The molecule has 0 spiro atoms. The van der Waals surface area contributed by atoms with Gasteiger partial charge in [0.25, 0.3) is 0 Å². The summed E-state index contributed by atoms with van der Waals surface area (Å²) < 4.78 is 0. The highest BCUT2D eigenvalue weighted by Gasteiger charge is 2.19. The molecule has 1 unspecified atom stereocenters. The van der Waals surface area contributed by atoms with Gasteiger partial charge in [-0.2, -0.15) is 0 Å². The molecule has 0 saturated carbocycles. The molecule has 114 valence electrons. The van der Waals surface area contributed by atoms with E-state index in [1.807, 2.05) is 30.3 Å². The third-order valence-electron chi connectivity index (χ3n) is 3.88. The Bertz CT molecular complexity index is 779. The van der Waals surface area contributed by atoms with Crippen LogP contribution in [-0.2, 0) is 11.2 Å². The monoisotopic (exact) mass is 315 g/mol. The maximum atomic E-state index is 11.1. The number of H-pyrrole nitrogens is 1. The molecule has 0 radical (unpaired) electrons. The number of nitrogens with two attached hydrogens (primary N) is 1. The molecule has 5 nitrogen and oxygen atoms in total. The molecule has 0 amide bonds. The van der Waals surface area contributed by atoms with Crippen molar-refractivity contribution in [3.05, 3.63) is 41.1 Å². The lowest BCUT2D eigenvalue weighted by molar-refractivity contribution is -0.138. The molecule has 0 bridgehead atoms. The van der Waals surface area contributed by atoms with Gasteiger partial charge in [0.2, 0.25) is 0 Å². The number of hydrogen-bond donors (Lipinski definition) is 4. The van der Waals surface area contributed by atoms with Crippen molar-refractivity contribution < 1.29 is 9.90 Å². The van der Waals surface area contributed by atoms with Gasteiger partial charge in [0.05, 0.1) is 0 Å². The Morgan fingerprint density at radius 3 is 2.91 bits per heavy atom. The van der Waals surface area contributed by atoms with Crippen LogP contribution in [0.5, 0.6) is 0 Å². The van der Waals surface area contributed by atoms with E-state index in [1.165, 1.54) is 0 Å². The number of aromatic amines is 1. The van der Waals surface area contributed by atoms with Crippen molar-refractivity contribution >= 4 is 40.2 Å². The molecule has 1 fully saturated rings. The van der Waals surface area contributed by atoms with Crippen LogP contribution in [0, 0.1) is 0 Å². The van der Waals surface area contributed by atoms with Gasteiger partial charge in [-0.1, -0.05) is 30.4 Å². The number of carboxylic acid groups (broad SMARTS) is 1. The highest BCUT2D eigenvalue weighted by molar-refractivity contribution is 7.80. The molecule has 1 aliphatic rings. The van der Waals surface area contributed by atoms with Crippen LogP contribution >= 0.6 is 12.2 Å². The van der Waals surface area contributed by atoms with Gasteiger partial charge in [0.15, 0.2) is 0 Å². The van der Waals surface area contributed by atoms with Gasteiger partial charge >= 0.3 is 5.97 Å². The van der Waals surface area contributed by atoms with Crippen LogP contribution in [0.1, 0.15) is 17.7 Å². The fourth-order valence-electron chi connectivity index (χ4n) is 2.72. The van der Waals surface area contributed by atoms with E-state index >= 15 is 0 Å². The first-order valence-electron chi connectivity index (χ1n) is 7.13. The highest BCUT2D eigenvalue weighted by Crippen LogP contribution is 2.26. The van der Waals surface area contributed by atoms with E-state index in [1.54, 1.807) is 0 Å². The molecule has 5 N–H and O–H groups in total. The summed E-state index contributed by atoms with van der Waals surface area (Å²) in [4.78, 5) is 15.2. The normalized spacial score (nSPS) is 17.9. The summed E-state index contributed by atoms with van der Waals surface area (Å²) in [6.45, 7) is 0.842. The zero-order valence-corrected chi connectivity index (χ0v) is 12.7. The first kappa shape index (κ1) is 14.7. The van der Waals surface area contributed by atoms with Crippen LogP contribution in [-0.4, -0.2) is 33.6 Å². The summed E-state index contributed by atoms with van der Waals surface area (Å²) >= 11 is 5.28. The van der Waals surface area contributed by atoms with Gasteiger partial charge in [-0.25, -0.2) is 0 Å². The van der Waals surface area contributed by atoms with Gasteiger partial charge in [-0.3, -0.25) is 4.79 Å². The van der Waals surface area contributed by atoms with Gasteiger partial charge in [-0.05, 0) is 29.7 Å². The molecule has 1 aromatic carbocycles. The van der Waals surface area contributed by atoms with Crippen molar-refractivity contribution in [2.45, 2.75) is 18.9 Å². The fourth-order valence-corrected chi connectivity index (χ4v) is 2.98. The fraction of sp³-hybridized carbons (Fsp3) is 0.250. The second kappa shape index (κ2) is 5.90. The number of nitrogens with one attached hydrogen (secondary N) is 2. The van der Waals surface area contributed by atoms with E-state index in [2.05, 4.69) is 10.3 Å². The SMILES string of the molecule is NC(Cc1c(/C=C2/CCNC2=S)[nH]c2ccccc12)C(=O)O. The Kier molecular flexibility index (Phi) is 3.96. The summed E-state index contributed by atoms with van der Waals surface area (Å²) in [5, 5.41) is 13.2. The maximum absolute atomic E-state index is 11.1. The Morgan fingerprint density at radius 1 is 1.45 bits per heavy atom. The first-order valence-corrected chi connectivity index (χ1v) is 7.54. The van der Waals surface area contributed by atoms with E-state index in [0.717, 1.165) is 45.7 Å². The zero-order valence-electron chi connectivity index (χ0n) is 11.9. The molecule has 0 aliphatic carbocycles. The van der Waals surface area contributed by atoms with Crippen LogP contribution in [0.2, 0.25) is 0 Å². The third-order valence-corrected chi connectivity index (χ3v) is 4.28. The van der Waals surface area contributed by atoms with Crippen molar-refractivity contribution in [2.75, 3.05) is 6.54 Å². The second-order valence-electron chi connectivity index (χ2n) is 5.39. The Morgan fingerprint density at radius 2 is 2.23 bits per heavy atom. The van der Waals surface area contributed by atoms with Crippen LogP contribution in [0.25, 0.3) is 17.0 Å². The van der Waals surface area contributed by atoms with Gasteiger partial charge in [0.1, 0.15) is 11.0 Å². The Labute approximate surface area is 133 Å². The van der Waals surface area contributed by atoms with Crippen molar-refractivity contribution in [1.82, 2.24) is 10.3 Å². The summed E-state index contributed by atoms with van der Waals surface area (Å²) in [7, 11) is 0. The molecular formula is C16H17N3O2S. The largest absolute Gasteiger partial charge is 0.480 e. The summed E-state index contributed by atoms with van der Waals surface area (Å²) in [6, 6.07) is 6.90. The number of carboxylic acids is 1. The topological polar surface area (TPSA) is 91.1 Å². The molecule has 1 atom stereocenters. The van der Waals surface area contributed by atoms with Crippen molar-refractivity contribution in [3.63, 3.8) is 0 Å². The number of aromatic nitrogens is 1. The van der Waals surface area contributed by atoms with E-state index in [4.69, 9.17) is 23.1 Å². The minimum absolute atomic E-state index is 0.276. The minimum Gasteiger partial charge on any atom is -0.480 e. The molecular weight excluding hydrogens is 298 g/mol. The smallest absolute Gasteiger partial charge is 0.320 e. The van der Waals surface area contributed by atoms with Crippen molar-refractivity contribution in [2.24, 2.45) is 5.73 Å². The van der Waals surface area contributed by atoms with E-state index < -0.39 is 12.0 Å². The quantitative estimate of drug-likeness (QED) is 0.510. The van der Waals surface area contributed by atoms with Gasteiger partial charge in [0, 0.05) is 29.6 Å². The predicted molar refractivity (Wildman–Crippen MR) is 90.8 cm³/mol. The number of rotatable bonds is 4. The molecule has 1 aromatic heterocycles. The number of hydrogen-bond acceptors (Lipinski definition) is 3. The number of para-hydroxylation sites is 1. The summed E-state index contributed by atoms with van der Waals surface area (Å²) in [5.41, 5.74) is 9.58. The van der Waals surface area contributed by atoms with Crippen LogP contribution in [0.15, 0.2) is 29.8 Å². The first-order chi connectivity index (χ1) is 10.6. The van der Waals surface area contributed by atoms with Crippen LogP contribution in [0.4, 0.5) is 0 Å². The molecule has 1 aliphatic heterocycles. The van der Waals surface area contributed by atoms with Crippen molar-refractivity contribution in [3.8, 4) is 0 Å². The number of carbonyl (C=O) groups is 1. The molecule has 1 saturated heterocycles. The number of benzene rings is 1. The number of aliphatic carboxylic acids is 1. The molecule has 2 aromatic rings. The Balaban J connectivity index is 2.08. The zero-order chi connectivity index (χ0) is 15.7. The molecule has 3 rings (SSSR count). The predicted octanol–water partition coefficient (Wildman–Crippen LogP) is 1.83. The van der Waals surface area contributed by atoms with Crippen molar-refractivity contribution in [1.29, 1.82) is 0 Å². The average Bonchev–Trinajstić information content (AvgIpc) is 3.04. The molecule has 22 heavy (non-hydrogen) atoms. The standard InChI is InChI=1S/C16H17N3O2S/c17-12(16(20)21)8-11-10-3-1-2-4-13(10)19-14(11)7-9-5-6-18-15(9)22/h1-4,7,12,19H,5-6,8,17H2,(H,18,22)(H,20,21)/b9-7-. The van der Waals surface area contributed by atoms with E-state index in [-0.39, 0.29) is 6.42 Å². The maximum Gasteiger partial charge on any atom is 0.320 e. The summed E-state index contributed by atoms with van der Waals surface area (Å²) in [5.74, 6) is -0.998. The Hall–Kier alpha value is -2.18. The highest BCUT2D eigenvalue weighted by atomic mass is 32.1. The second-order valence-corrected chi connectivity index (χ2v) is 5.80. The molecule has 2 heterocycles. The number of fused-ring (bicyclic) bond motifs is 1. The van der Waals surface area contributed by atoms with E-state index in [9.17, 15) is 4.79 Å². The lowest BCUT2D eigenvalue weighted by Gasteiger charge is -2.07. The van der Waals surface area contributed by atoms with Gasteiger partial charge < -0.3 is 21.1 Å². The van der Waals surface area contributed by atoms with Crippen LogP contribution < -0.4 is 11.1 Å². The lowest BCUT2D eigenvalue weighted by atomic mass is 10.0. The third kappa shape index (κ3) is 2.75. The molecule has 6 heteroatoms. The van der Waals surface area contributed by atoms with Gasteiger partial charge in [-0.15, -0.1) is 0 Å². The van der Waals surface area contributed by atoms with E-state index in [0.29, 0.717) is 0 Å². The van der Waals surface area contributed by atoms with Crippen LogP contribution in [0.3, 0.4) is 0 Å². The number of thiocarbonyl (C=S) groups is 1. The lowest BCUT2D eigenvalue weighted by Crippen LogP contribution is -2.32. The minimum atomic E-state index is -0.998. The average molecular weight is 315 g/mol.